The van der Waals surface area contributed by atoms with Gasteiger partial charge in [-0.25, -0.2) is 9.18 Å². The first-order chi connectivity index (χ1) is 9.54. The van der Waals surface area contributed by atoms with Crippen molar-refractivity contribution >= 4 is 22.6 Å². The lowest BCUT2D eigenvalue weighted by Crippen LogP contribution is -1.99. The summed E-state index contributed by atoms with van der Waals surface area (Å²) in [7, 11) is 0. The number of nitrogens with one attached hydrogen (secondary N) is 2. The first-order valence-electron chi connectivity index (χ1n) is 6.16. The van der Waals surface area contributed by atoms with Gasteiger partial charge in [-0.3, -0.25) is 0 Å². The minimum Gasteiger partial charge on any atom is -0.306 e. The molecule has 0 fully saturated rings. The Balaban J connectivity index is 2.04. The number of fused-ring (bicyclic) bond motifs is 1. The van der Waals surface area contributed by atoms with E-state index in [2.05, 4.69) is 9.97 Å². The molecule has 5 heteroatoms. The first kappa shape index (κ1) is 12.9. The number of hydrogen-bond donors (Lipinski definition) is 2. The summed E-state index contributed by atoms with van der Waals surface area (Å²) in [5.41, 5.74) is 3.22. The Morgan fingerprint density at radius 1 is 1.05 bits per heavy atom. The fourth-order valence-electron chi connectivity index (χ4n) is 2.17. The number of hydrogen-bond acceptors (Lipinski definition) is 1. The van der Waals surface area contributed by atoms with Gasteiger partial charge in [-0.05, 0) is 41.8 Å². The van der Waals surface area contributed by atoms with Crippen molar-refractivity contribution in [2.75, 3.05) is 0 Å². The van der Waals surface area contributed by atoms with E-state index in [-0.39, 0.29) is 11.5 Å². The second-order valence-electron chi connectivity index (χ2n) is 4.76. The molecule has 1 atom stereocenters. The Morgan fingerprint density at radius 3 is 2.45 bits per heavy atom. The minimum atomic E-state index is -0.465. The number of imidazole rings is 1. The number of alkyl halides is 1. The van der Waals surface area contributed by atoms with Crippen molar-refractivity contribution in [3.63, 3.8) is 0 Å². The molecule has 0 saturated carbocycles. The molecular formula is C15H12ClFN2O. The topological polar surface area (TPSA) is 48.6 Å². The maximum absolute atomic E-state index is 13.6. The van der Waals surface area contributed by atoms with Crippen LogP contribution in [-0.4, -0.2) is 9.97 Å². The van der Waals surface area contributed by atoms with E-state index in [1.807, 2.05) is 6.07 Å². The van der Waals surface area contributed by atoms with Crippen LogP contribution in [-0.2, 0) is 0 Å². The third-order valence-electron chi connectivity index (χ3n) is 3.32. The van der Waals surface area contributed by atoms with Gasteiger partial charge in [-0.1, -0.05) is 18.2 Å². The SMILES string of the molecule is Cc1ccc(C(Cl)c2ccc3[nH]c(=O)[nH]c3c2)cc1F. The Hall–Kier alpha value is -2.07. The minimum absolute atomic E-state index is 0.260. The van der Waals surface area contributed by atoms with Crippen LogP contribution in [0.5, 0.6) is 0 Å². The summed E-state index contributed by atoms with van der Waals surface area (Å²) >= 11 is 6.39. The molecule has 1 aromatic heterocycles. The number of rotatable bonds is 2. The summed E-state index contributed by atoms with van der Waals surface area (Å²) < 4.78 is 13.6. The molecule has 3 aromatic rings. The van der Waals surface area contributed by atoms with Gasteiger partial charge in [0.1, 0.15) is 5.82 Å². The summed E-state index contributed by atoms with van der Waals surface area (Å²) in [6, 6.07) is 10.3. The molecule has 0 bridgehead atoms. The summed E-state index contributed by atoms with van der Waals surface area (Å²) in [5.74, 6) is -0.274. The molecule has 1 unspecified atom stereocenters. The Morgan fingerprint density at radius 2 is 1.70 bits per heavy atom. The van der Waals surface area contributed by atoms with Gasteiger partial charge in [-0.15, -0.1) is 11.6 Å². The van der Waals surface area contributed by atoms with Gasteiger partial charge in [-0.2, -0.15) is 0 Å². The Labute approximate surface area is 119 Å². The van der Waals surface area contributed by atoms with E-state index in [4.69, 9.17) is 11.6 Å². The second kappa shape index (κ2) is 4.80. The van der Waals surface area contributed by atoms with Crippen LogP contribution in [0.3, 0.4) is 0 Å². The lowest BCUT2D eigenvalue weighted by Gasteiger charge is -2.11. The lowest BCUT2D eigenvalue weighted by molar-refractivity contribution is 0.616. The molecule has 2 N–H and O–H groups in total. The highest BCUT2D eigenvalue weighted by Crippen LogP contribution is 2.30. The fourth-order valence-corrected chi connectivity index (χ4v) is 2.44. The number of aromatic nitrogens is 2. The summed E-state index contributed by atoms with van der Waals surface area (Å²) in [5, 5.41) is -0.465. The van der Waals surface area contributed by atoms with Crippen LogP contribution in [0.2, 0.25) is 0 Å². The lowest BCUT2D eigenvalue weighted by atomic mass is 10.0. The summed E-state index contributed by atoms with van der Waals surface area (Å²) in [6.07, 6.45) is 0. The predicted molar refractivity (Wildman–Crippen MR) is 77.8 cm³/mol. The largest absolute Gasteiger partial charge is 0.323 e. The van der Waals surface area contributed by atoms with Gasteiger partial charge >= 0.3 is 5.69 Å². The monoisotopic (exact) mass is 290 g/mol. The van der Waals surface area contributed by atoms with Crippen molar-refractivity contribution in [3.8, 4) is 0 Å². The van der Waals surface area contributed by atoms with Crippen LogP contribution in [0.15, 0.2) is 41.2 Å². The highest BCUT2D eigenvalue weighted by molar-refractivity contribution is 6.22. The maximum Gasteiger partial charge on any atom is 0.323 e. The van der Waals surface area contributed by atoms with Crippen LogP contribution in [0, 0.1) is 12.7 Å². The van der Waals surface area contributed by atoms with Gasteiger partial charge in [0.15, 0.2) is 0 Å². The smallest absolute Gasteiger partial charge is 0.306 e. The van der Waals surface area contributed by atoms with Gasteiger partial charge in [0, 0.05) is 0 Å². The van der Waals surface area contributed by atoms with E-state index in [1.54, 1.807) is 31.2 Å². The van der Waals surface area contributed by atoms with E-state index in [0.717, 1.165) is 11.1 Å². The Bertz CT molecular complexity index is 837. The zero-order valence-electron chi connectivity index (χ0n) is 10.7. The van der Waals surface area contributed by atoms with Crippen molar-refractivity contribution in [2.45, 2.75) is 12.3 Å². The standard InChI is InChI=1S/C15H12ClFN2O/c1-8-2-3-9(6-11(8)17)14(16)10-4-5-12-13(7-10)19-15(20)18-12/h2-7,14H,1H3,(H2,18,19,20). The molecule has 0 radical (unpaired) electrons. The molecule has 0 aliphatic rings. The summed E-state index contributed by atoms with van der Waals surface area (Å²) in [4.78, 5) is 16.6. The second-order valence-corrected chi connectivity index (χ2v) is 5.19. The molecule has 0 amide bonds. The van der Waals surface area contributed by atoms with Gasteiger partial charge in [0.2, 0.25) is 0 Å². The van der Waals surface area contributed by atoms with Crippen LogP contribution in [0.4, 0.5) is 4.39 Å². The number of aromatic amines is 2. The number of halogens is 2. The van der Waals surface area contributed by atoms with Crippen molar-refractivity contribution in [2.24, 2.45) is 0 Å². The van der Waals surface area contributed by atoms with E-state index >= 15 is 0 Å². The van der Waals surface area contributed by atoms with Crippen molar-refractivity contribution in [1.29, 1.82) is 0 Å². The molecule has 1 heterocycles. The average Bonchev–Trinajstić information content (AvgIpc) is 2.80. The average molecular weight is 291 g/mol. The summed E-state index contributed by atoms with van der Waals surface area (Å²) in [6.45, 7) is 1.71. The van der Waals surface area contributed by atoms with Gasteiger partial charge in [0.25, 0.3) is 0 Å². The maximum atomic E-state index is 13.6. The van der Waals surface area contributed by atoms with Gasteiger partial charge in [0.05, 0.1) is 16.4 Å². The quantitative estimate of drug-likeness (QED) is 0.696. The molecule has 3 rings (SSSR count). The van der Waals surface area contributed by atoms with Crippen LogP contribution in [0.25, 0.3) is 11.0 Å². The fraction of sp³-hybridized carbons (Fsp3) is 0.133. The third kappa shape index (κ3) is 2.23. The van der Waals surface area contributed by atoms with Crippen LogP contribution < -0.4 is 5.69 Å². The highest BCUT2D eigenvalue weighted by Gasteiger charge is 2.13. The van der Waals surface area contributed by atoms with Crippen LogP contribution >= 0.6 is 11.6 Å². The zero-order valence-corrected chi connectivity index (χ0v) is 11.5. The van der Waals surface area contributed by atoms with Crippen molar-refractivity contribution in [3.05, 3.63) is 69.4 Å². The van der Waals surface area contributed by atoms with Gasteiger partial charge < -0.3 is 9.97 Å². The third-order valence-corrected chi connectivity index (χ3v) is 3.83. The predicted octanol–water partition coefficient (Wildman–Crippen LogP) is 3.63. The molecule has 102 valence electrons. The van der Waals surface area contributed by atoms with E-state index < -0.39 is 5.38 Å². The number of H-pyrrole nitrogens is 2. The highest BCUT2D eigenvalue weighted by atomic mass is 35.5. The number of aryl methyl sites for hydroxylation is 1. The van der Waals surface area contributed by atoms with Crippen molar-refractivity contribution in [1.82, 2.24) is 9.97 Å². The van der Waals surface area contributed by atoms with E-state index in [1.165, 1.54) is 6.07 Å². The zero-order chi connectivity index (χ0) is 14.3. The van der Waals surface area contributed by atoms with E-state index in [0.29, 0.717) is 16.6 Å². The molecule has 0 aliphatic heterocycles. The molecular weight excluding hydrogens is 279 g/mol. The molecule has 0 aliphatic carbocycles. The normalized spacial score (nSPS) is 12.8. The molecule has 2 aromatic carbocycles. The molecule has 0 saturated heterocycles. The molecule has 0 spiro atoms. The Kier molecular flexibility index (Phi) is 3.10. The molecule has 20 heavy (non-hydrogen) atoms. The van der Waals surface area contributed by atoms with Crippen molar-refractivity contribution < 1.29 is 4.39 Å². The van der Waals surface area contributed by atoms with E-state index in [9.17, 15) is 9.18 Å². The first-order valence-corrected chi connectivity index (χ1v) is 6.60. The number of benzene rings is 2. The molecule has 3 nitrogen and oxygen atoms in total. The van der Waals surface area contributed by atoms with Crippen LogP contribution in [0.1, 0.15) is 22.1 Å².